The quantitative estimate of drug-likeness (QED) is 0.197. The lowest BCUT2D eigenvalue weighted by molar-refractivity contribution is -0.143. The van der Waals surface area contributed by atoms with Crippen LogP contribution in [0, 0.1) is 5.92 Å². The number of hydrogen-bond donors (Lipinski definition) is 7. The van der Waals surface area contributed by atoms with Crippen LogP contribution in [-0.2, 0) is 25.6 Å². The van der Waals surface area contributed by atoms with Gasteiger partial charge in [0.2, 0.25) is 17.7 Å². The minimum Gasteiger partial charge on any atom is -0.480 e. The molecule has 1 aliphatic rings. The van der Waals surface area contributed by atoms with Gasteiger partial charge in [-0.25, -0.2) is 9.78 Å². The third kappa shape index (κ3) is 7.53. The van der Waals surface area contributed by atoms with E-state index in [2.05, 4.69) is 31.2 Å². The van der Waals surface area contributed by atoms with Crippen molar-refractivity contribution >= 4 is 23.7 Å². The molecule has 1 saturated heterocycles. The van der Waals surface area contributed by atoms with E-state index in [0.29, 0.717) is 18.5 Å². The average Bonchev–Trinajstić information content (AvgIpc) is 3.48. The minimum atomic E-state index is -1.41. The Bertz CT molecular complexity index is 808. The summed E-state index contributed by atoms with van der Waals surface area (Å²) in [7, 11) is 0. The lowest BCUT2D eigenvalue weighted by Crippen LogP contribution is -2.61. The number of aliphatic hydroxyl groups excluding tert-OH is 1. The standard InChI is InChI=1S/C21H34N6O6/c1-4-11(2)16(26-18(29)14-6-5-7-23-14)19(30)27-17(12(3)28)20(31)25-15(21(32)33)8-13-9-22-10-24-13/h9-12,14-17,23,28H,4-8H2,1-3H3,(H,22,24)(H,25,31)(H,26,29)(H,27,30)(H,32,33). The van der Waals surface area contributed by atoms with Crippen molar-refractivity contribution in [1.82, 2.24) is 31.2 Å². The molecule has 1 fully saturated rings. The molecule has 2 rings (SSSR count). The Hall–Kier alpha value is -2.99. The summed E-state index contributed by atoms with van der Waals surface area (Å²) >= 11 is 0. The molecule has 0 aliphatic carbocycles. The summed E-state index contributed by atoms with van der Waals surface area (Å²) in [6.07, 6.45) is 3.60. The van der Waals surface area contributed by atoms with Gasteiger partial charge in [0.05, 0.1) is 18.5 Å². The molecule has 0 bridgehead atoms. The number of aliphatic hydroxyl groups is 1. The second-order valence-electron chi connectivity index (χ2n) is 8.43. The highest BCUT2D eigenvalue weighted by Gasteiger charge is 2.35. The maximum Gasteiger partial charge on any atom is 0.326 e. The van der Waals surface area contributed by atoms with Crippen LogP contribution in [0.5, 0.6) is 0 Å². The predicted octanol–water partition coefficient (Wildman–Crippen LogP) is -1.33. The van der Waals surface area contributed by atoms with E-state index in [1.165, 1.54) is 19.4 Å². The van der Waals surface area contributed by atoms with Gasteiger partial charge in [0.25, 0.3) is 0 Å². The van der Waals surface area contributed by atoms with Crippen molar-refractivity contribution in [3.63, 3.8) is 0 Å². The number of nitrogens with one attached hydrogen (secondary N) is 5. The number of aromatic amines is 1. The van der Waals surface area contributed by atoms with Crippen LogP contribution in [0.1, 0.15) is 45.7 Å². The SMILES string of the molecule is CCC(C)C(NC(=O)C1CCCN1)C(=O)NC(C(=O)NC(Cc1cnc[nH]1)C(=O)O)C(C)O. The molecule has 1 aliphatic heterocycles. The molecule has 1 aromatic heterocycles. The van der Waals surface area contributed by atoms with Crippen LogP contribution < -0.4 is 21.3 Å². The molecular weight excluding hydrogens is 432 g/mol. The number of hydrogen-bond acceptors (Lipinski definition) is 7. The van der Waals surface area contributed by atoms with Gasteiger partial charge in [0.1, 0.15) is 18.1 Å². The van der Waals surface area contributed by atoms with Crippen LogP contribution in [0.4, 0.5) is 0 Å². The third-order valence-electron chi connectivity index (χ3n) is 5.83. The van der Waals surface area contributed by atoms with Gasteiger partial charge in [-0.1, -0.05) is 20.3 Å². The van der Waals surface area contributed by atoms with E-state index in [9.17, 15) is 29.4 Å². The van der Waals surface area contributed by atoms with Crippen LogP contribution in [0.25, 0.3) is 0 Å². The summed E-state index contributed by atoms with van der Waals surface area (Å²) in [5, 5.41) is 30.3. The zero-order valence-corrected chi connectivity index (χ0v) is 19.1. The van der Waals surface area contributed by atoms with Crippen molar-refractivity contribution in [2.45, 2.75) is 76.7 Å². The van der Waals surface area contributed by atoms with Crippen molar-refractivity contribution in [3.8, 4) is 0 Å². The molecule has 6 atom stereocenters. The first-order chi connectivity index (χ1) is 15.6. The average molecular weight is 467 g/mol. The van der Waals surface area contributed by atoms with Gasteiger partial charge in [-0.05, 0) is 32.2 Å². The number of aliphatic carboxylic acids is 1. The molecule has 6 unspecified atom stereocenters. The molecule has 184 valence electrons. The monoisotopic (exact) mass is 466 g/mol. The summed E-state index contributed by atoms with van der Waals surface area (Å²) in [5.74, 6) is -3.28. The largest absolute Gasteiger partial charge is 0.480 e. The Morgan fingerprint density at radius 1 is 1.15 bits per heavy atom. The molecule has 7 N–H and O–H groups in total. The highest BCUT2D eigenvalue weighted by molar-refractivity contribution is 5.94. The minimum absolute atomic E-state index is 0.0541. The summed E-state index contributed by atoms with van der Waals surface area (Å²) in [4.78, 5) is 56.5. The maximum atomic E-state index is 13.0. The Morgan fingerprint density at radius 2 is 1.85 bits per heavy atom. The van der Waals surface area contributed by atoms with Crippen molar-refractivity contribution < 1.29 is 29.4 Å². The van der Waals surface area contributed by atoms with Crippen LogP contribution in [0.2, 0.25) is 0 Å². The normalized spacial score (nSPS) is 20.2. The van der Waals surface area contributed by atoms with Gasteiger partial charge in [-0.2, -0.15) is 0 Å². The van der Waals surface area contributed by atoms with Crippen molar-refractivity contribution in [2.75, 3.05) is 6.54 Å². The molecular formula is C21H34N6O6. The summed E-state index contributed by atoms with van der Waals surface area (Å²) < 4.78 is 0. The van der Waals surface area contributed by atoms with E-state index in [-0.39, 0.29) is 24.3 Å². The maximum absolute atomic E-state index is 13.0. The molecule has 3 amide bonds. The first-order valence-electron chi connectivity index (χ1n) is 11.2. The number of nitrogens with zero attached hydrogens (tertiary/aromatic N) is 1. The van der Waals surface area contributed by atoms with Crippen molar-refractivity contribution in [3.05, 3.63) is 18.2 Å². The molecule has 1 aromatic rings. The summed E-state index contributed by atoms with van der Waals surface area (Å²) in [6.45, 7) is 5.71. The van der Waals surface area contributed by atoms with E-state index in [0.717, 1.165) is 13.0 Å². The second-order valence-corrected chi connectivity index (χ2v) is 8.43. The van der Waals surface area contributed by atoms with Gasteiger partial charge in [-0.15, -0.1) is 0 Å². The van der Waals surface area contributed by atoms with Gasteiger partial charge in [0.15, 0.2) is 0 Å². The highest BCUT2D eigenvalue weighted by Crippen LogP contribution is 2.12. The van der Waals surface area contributed by atoms with Crippen LogP contribution in [0.15, 0.2) is 12.5 Å². The fourth-order valence-corrected chi connectivity index (χ4v) is 3.59. The number of carbonyl (C=O) groups is 4. The van der Waals surface area contributed by atoms with Crippen LogP contribution in [-0.4, -0.2) is 80.7 Å². The van der Waals surface area contributed by atoms with Crippen molar-refractivity contribution in [1.29, 1.82) is 0 Å². The molecule has 0 spiro atoms. The van der Waals surface area contributed by atoms with Crippen LogP contribution >= 0.6 is 0 Å². The second kappa shape index (κ2) is 12.3. The molecule has 0 saturated carbocycles. The Balaban J connectivity index is 2.08. The Kier molecular flexibility index (Phi) is 9.79. The number of rotatable bonds is 12. The summed E-state index contributed by atoms with van der Waals surface area (Å²) in [5.41, 5.74) is 0.500. The lowest BCUT2D eigenvalue weighted by Gasteiger charge is -2.29. The fourth-order valence-electron chi connectivity index (χ4n) is 3.59. The number of aromatic nitrogens is 2. The molecule has 33 heavy (non-hydrogen) atoms. The Morgan fingerprint density at radius 3 is 2.36 bits per heavy atom. The zero-order valence-electron chi connectivity index (χ0n) is 19.1. The fraction of sp³-hybridized carbons (Fsp3) is 0.667. The van der Waals surface area contributed by atoms with Gasteiger partial charge >= 0.3 is 5.97 Å². The highest BCUT2D eigenvalue weighted by atomic mass is 16.4. The van der Waals surface area contributed by atoms with Gasteiger partial charge in [-0.3, -0.25) is 14.4 Å². The van der Waals surface area contributed by atoms with Gasteiger partial charge in [0, 0.05) is 18.3 Å². The molecule has 0 aromatic carbocycles. The van der Waals surface area contributed by atoms with E-state index in [4.69, 9.17) is 0 Å². The van der Waals surface area contributed by atoms with Gasteiger partial charge < -0.3 is 36.5 Å². The van der Waals surface area contributed by atoms with E-state index < -0.39 is 42.0 Å². The third-order valence-corrected chi connectivity index (χ3v) is 5.83. The molecule has 0 radical (unpaired) electrons. The van der Waals surface area contributed by atoms with E-state index in [1.807, 2.05) is 6.92 Å². The lowest BCUT2D eigenvalue weighted by atomic mass is 9.97. The van der Waals surface area contributed by atoms with E-state index >= 15 is 0 Å². The molecule has 2 heterocycles. The predicted molar refractivity (Wildman–Crippen MR) is 118 cm³/mol. The first-order valence-corrected chi connectivity index (χ1v) is 11.2. The van der Waals surface area contributed by atoms with Crippen LogP contribution in [0.3, 0.4) is 0 Å². The number of carbonyl (C=O) groups excluding carboxylic acids is 3. The molecule has 12 heteroatoms. The number of H-pyrrole nitrogens is 1. The number of imidazole rings is 1. The topological polar surface area (TPSA) is 186 Å². The number of amides is 3. The number of carboxylic acids is 1. The first kappa shape index (κ1) is 26.3. The van der Waals surface area contributed by atoms with E-state index in [1.54, 1.807) is 6.92 Å². The number of carboxylic acid groups (broad SMARTS) is 1. The smallest absolute Gasteiger partial charge is 0.326 e. The Labute approximate surface area is 192 Å². The zero-order chi connectivity index (χ0) is 24.5. The molecule has 12 nitrogen and oxygen atoms in total. The summed E-state index contributed by atoms with van der Waals surface area (Å²) in [6, 6.07) is -4.00. The van der Waals surface area contributed by atoms with Crippen molar-refractivity contribution in [2.24, 2.45) is 5.92 Å².